The second kappa shape index (κ2) is 5.63. The molecule has 0 bridgehead atoms. The number of nitriles is 1. The van der Waals surface area contributed by atoms with E-state index in [0.717, 1.165) is 26.8 Å². The third-order valence-electron chi connectivity index (χ3n) is 4.20. The van der Waals surface area contributed by atoms with E-state index in [9.17, 15) is 9.65 Å². The Morgan fingerprint density at radius 3 is 2.33 bits per heavy atom. The fourth-order valence-corrected chi connectivity index (χ4v) is 4.28. The van der Waals surface area contributed by atoms with Gasteiger partial charge in [0.1, 0.15) is 11.9 Å². The molecule has 0 aliphatic carbocycles. The summed E-state index contributed by atoms with van der Waals surface area (Å²) in [5, 5.41) is 11.3. The zero-order valence-corrected chi connectivity index (χ0v) is 13.8. The van der Waals surface area contributed by atoms with Gasteiger partial charge in [-0.3, -0.25) is 0 Å². The predicted octanol–water partition coefficient (Wildman–Crippen LogP) is 5.83. The minimum atomic E-state index is -0.195. The molecule has 0 unspecified atom stereocenters. The number of halogens is 1. The van der Waals surface area contributed by atoms with Gasteiger partial charge in [0.25, 0.3) is 0 Å². The number of rotatable bonds is 2. The Balaban J connectivity index is 1.99. The second-order valence-corrected chi connectivity index (χ2v) is 6.58. The Kier molecular flexibility index (Phi) is 3.44. The molecule has 0 radical (unpaired) electrons. The average molecular weight is 332 g/mol. The van der Waals surface area contributed by atoms with Gasteiger partial charge >= 0.3 is 0 Å². The van der Waals surface area contributed by atoms with Crippen LogP contribution in [0, 0.1) is 17.1 Å². The van der Waals surface area contributed by atoms with Crippen LogP contribution in [0.25, 0.3) is 20.2 Å². The van der Waals surface area contributed by atoms with Crippen molar-refractivity contribution in [1.82, 2.24) is 0 Å². The van der Waals surface area contributed by atoms with Gasteiger partial charge in [0.05, 0.1) is 26.3 Å². The van der Waals surface area contributed by atoms with Crippen molar-refractivity contribution in [2.45, 2.75) is 0 Å². The Morgan fingerprint density at radius 2 is 1.54 bits per heavy atom. The van der Waals surface area contributed by atoms with Gasteiger partial charge in [0, 0.05) is 17.8 Å². The van der Waals surface area contributed by atoms with Gasteiger partial charge in [-0.05, 0) is 24.3 Å². The van der Waals surface area contributed by atoms with E-state index >= 15 is 0 Å². The molecule has 0 saturated heterocycles. The van der Waals surface area contributed by atoms with Crippen molar-refractivity contribution in [3.63, 3.8) is 0 Å². The Bertz CT molecular complexity index is 1110. The summed E-state index contributed by atoms with van der Waals surface area (Å²) < 4.78 is 15.8. The number of benzene rings is 3. The van der Waals surface area contributed by atoms with Crippen LogP contribution >= 0.6 is 11.3 Å². The molecule has 4 heteroatoms. The number of hydrogen-bond acceptors (Lipinski definition) is 3. The van der Waals surface area contributed by atoms with Gasteiger partial charge in [-0.15, -0.1) is 11.3 Å². The predicted molar refractivity (Wildman–Crippen MR) is 98.5 cm³/mol. The number of nitrogens with zero attached hydrogens (tertiary/aromatic N) is 2. The Morgan fingerprint density at radius 1 is 0.875 bits per heavy atom. The highest BCUT2D eigenvalue weighted by Crippen LogP contribution is 2.42. The third-order valence-corrected chi connectivity index (χ3v) is 5.45. The zero-order chi connectivity index (χ0) is 16.7. The van der Waals surface area contributed by atoms with E-state index in [1.807, 2.05) is 54.4 Å². The van der Waals surface area contributed by atoms with Crippen molar-refractivity contribution < 1.29 is 4.39 Å². The third kappa shape index (κ3) is 2.14. The average Bonchev–Trinajstić information content (AvgIpc) is 3.01. The highest BCUT2D eigenvalue weighted by Gasteiger charge is 2.16. The van der Waals surface area contributed by atoms with Crippen molar-refractivity contribution in [3.05, 3.63) is 72.0 Å². The lowest BCUT2D eigenvalue weighted by atomic mass is 10.1. The van der Waals surface area contributed by atoms with Crippen LogP contribution in [-0.4, -0.2) is 7.05 Å². The van der Waals surface area contributed by atoms with Crippen LogP contribution in [0.15, 0.2) is 60.7 Å². The standard InChI is InChI=1S/C20H13FN2S/c1-23(17-10-3-2-6-13(17)12-22)18-11-5-8-15-14-7-4-9-16(21)19(14)24-20(15)18/h2-11H,1H3. The summed E-state index contributed by atoms with van der Waals surface area (Å²) in [7, 11) is 1.94. The van der Waals surface area contributed by atoms with Crippen molar-refractivity contribution in [2.24, 2.45) is 0 Å². The maximum atomic E-state index is 14.2. The van der Waals surface area contributed by atoms with E-state index in [-0.39, 0.29) is 5.82 Å². The lowest BCUT2D eigenvalue weighted by Crippen LogP contribution is -2.10. The second-order valence-electron chi connectivity index (χ2n) is 5.56. The molecule has 0 aliphatic rings. The molecule has 0 N–H and O–H groups in total. The minimum Gasteiger partial charge on any atom is -0.342 e. The fraction of sp³-hybridized carbons (Fsp3) is 0.0500. The summed E-state index contributed by atoms with van der Waals surface area (Å²) in [4.78, 5) is 1.99. The molecular weight excluding hydrogens is 319 g/mol. The van der Waals surface area contributed by atoms with Crippen LogP contribution in [0.2, 0.25) is 0 Å². The largest absolute Gasteiger partial charge is 0.342 e. The van der Waals surface area contributed by atoms with Gasteiger partial charge < -0.3 is 4.90 Å². The molecule has 0 fully saturated rings. The van der Waals surface area contributed by atoms with Gasteiger partial charge in [0.15, 0.2) is 0 Å². The summed E-state index contributed by atoms with van der Waals surface area (Å²) in [6.45, 7) is 0. The van der Waals surface area contributed by atoms with Crippen LogP contribution < -0.4 is 4.90 Å². The molecule has 1 heterocycles. The van der Waals surface area contributed by atoms with Gasteiger partial charge in [-0.1, -0.05) is 36.4 Å². The summed E-state index contributed by atoms with van der Waals surface area (Å²) in [6.07, 6.45) is 0. The van der Waals surface area contributed by atoms with Crippen molar-refractivity contribution in [2.75, 3.05) is 11.9 Å². The molecule has 0 saturated carbocycles. The smallest absolute Gasteiger partial charge is 0.141 e. The first-order valence-electron chi connectivity index (χ1n) is 7.53. The molecule has 1 aromatic heterocycles. The summed E-state index contributed by atoms with van der Waals surface area (Å²) in [5.74, 6) is -0.195. The van der Waals surface area contributed by atoms with Crippen LogP contribution in [0.4, 0.5) is 15.8 Å². The Labute approximate surface area is 143 Å². The van der Waals surface area contributed by atoms with E-state index < -0.39 is 0 Å². The first kappa shape index (κ1) is 14.7. The summed E-state index contributed by atoms with van der Waals surface area (Å²) in [6, 6.07) is 20.9. The number of fused-ring (bicyclic) bond motifs is 3. The lowest BCUT2D eigenvalue weighted by molar-refractivity contribution is 0.642. The molecule has 4 rings (SSSR count). The normalized spacial score (nSPS) is 10.9. The van der Waals surface area contributed by atoms with Crippen molar-refractivity contribution in [3.8, 4) is 6.07 Å². The monoisotopic (exact) mass is 332 g/mol. The minimum absolute atomic E-state index is 0.195. The number of hydrogen-bond donors (Lipinski definition) is 0. The molecular formula is C20H13FN2S. The number of para-hydroxylation sites is 1. The van der Waals surface area contributed by atoms with Gasteiger partial charge in [-0.25, -0.2) is 4.39 Å². The number of anilines is 2. The SMILES string of the molecule is CN(c1ccccc1C#N)c1cccc2c1sc1c(F)cccc12. The van der Waals surface area contributed by atoms with E-state index in [4.69, 9.17) is 0 Å². The molecule has 2 nitrogen and oxygen atoms in total. The van der Waals surface area contributed by atoms with E-state index in [0.29, 0.717) is 10.3 Å². The quantitative estimate of drug-likeness (QED) is 0.461. The summed E-state index contributed by atoms with van der Waals surface area (Å²) in [5.41, 5.74) is 2.42. The lowest BCUT2D eigenvalue weighted by Gasteiger charge is -2.21. The van der Waals surface area contributed by atoms with Crippen LogP contribution in [0.1, 0.15) is 5.56 Å². The number of thiophene rings is 1. The van der Waals surface area contributed by atoms with Crippen LogP contribution in [0.5, 0.6) is 0 Å². The van der Waals surface area contributed by atoms with E-state index in [2.05, 4.69) is 6.07 Å². The molecule has 0 aliphatic heterocycles. The molecule has 4 aromatic rings. The van der Waals surface area contributed by atoms with Gasteiger partial charge in [0.2, 0.25) is 0 Å². The molecule has 0 amide bonds. The topological polar surface area (TPSA) is 27.0 Å². The fourth-order valence-electron chi connectivity index (χ4n) is 3.03. The van der Waals surface area contributed by atoms with E-state index in [1.165, 1.54) is 17.4 Å². The molecule has 0 spiro atoms. The zero-order valence-electron chi connectivity index (χ0n) is 13.0. The first-order chi connectivity index (χ1) is 11.7. The molecule has 116 valence electrons. The Hall–Kier alpha value is -2.90. The van der Waals surface area contributed by atoms with Crippen LogP contribution in [-0.2, 0) is 0 Å². The summed E-state index contributed by atoms with van der Waals surface area (Å²) >= 11 is 1.45. The maximum absolute atomic E-state index is 14.2. The van der Waals surface area contributed by atoms with E-state index in [1.54, 1.807) is 12.1 Å². The molecule has 0 atom stereocenters. The van der Waals surface area contributed by atoms with Gasteiger partial charge in [-0.2, -0.15) is 5.26 Å². The maximum Gasteiger partial charge on any atom is 0.141 e. The van der Waals surface area contributed by atoms with Crippen LogP contribution in [0.3, 0.4) is 0 Å². The molecule has 24 heavy (non-hydrogen) atoms. The first-order valence-corrected chi connectivity index (χ1v) is 8.35. The van der Waals surface area contributed by atoms with Crippen molar-refractivity contribution >= 4 is 42.9 Å². The molecule has 3 aromatic carbocycles. The van der Waals surface area contributed by atoms with Crippen molar-refractivity contribution in [1.29, 1.82) is 5.26 Å². The highest BCUT2D eigenvalue weighted by molar-refractivity contribution is 7.26. The highest BCUT2D eigenvalue weighted by atomic mass is 32.1.